The third kappa shape index (κ3) is 2.71. The van der Waals surface area contributed by atoms with Crippen LogP contribution in [0, 0.1) is 24.7 Å². The second-order valence-electron chi connectivity index (χ2n) is 6.52. The lowest BCUT2D eigenvalue weighted by Gasteiger charge is -2.23. The third-order valence-corrected chi connectivity index (χ3v) is 5.17. The average molecular weight is 261 g/mol. The minimum atomic E-state index is 0.913. The number of aromatic nitrogens is 2. The molecule has 1 aromatic heterocycles. The van der Waals surface area contributed by atoms with Gasteiger partial charge in [0.05, 0.1) is 5.69 Å². The van der Waals surface area contributed by atoms with E-state index in [1.807, 2.05) is 0 Å². The number of nitrogens with one attached hydrogen (secondary N) is 1. The maximum Gasteiger partial charge on any atom is 0.105 e. The Morgan fingerprint density at radius 1 is 1.37 bits per heavy atom. The highest BCUT2D eigenvalue weighted by atomic mass is 15.1. The van der Waals surface area contributed by atoms with Gasteiger partial charge in [-0.3, -0.25) is 0 Å². The van der Waals surface area contributed by atoms with Crippen molar-refractivity contribution < 1.29 is 0 Å². The fraction of sp³-hybridized carbons (Fsp3) is 0.812. The Morgan fingerprint density at radius 2 is 2.26 bits per heavy atom. The molecule has 0 spiro atoms. The standard InChI is InChI=1S/C16H27N3/c1-3-6-17-9-16-10-18-12(2)19(16)11-15-8-13-4-5-14(15)7-13/h10,13-15,17H,3-9,11H2,1-2H3. The lowest BCUT2D eigenvalue weighted by Crippen LogP contribution is -2.22. The first-order chi connectivity index (χ1) is 9.28. The van der Waals surface area contributed by atoms with Gasteiger partial charge in [0.1, 0.15) is 5.82 Å². The van der Waals surface area contributed by atoms with Crippen molar-refractivity contribution >= 4 is 0 Å². The van der Waals surface area contributed by atoms with Crippen LogP contribution in [0.3, 0.4) is 0 Å². The summed E-state index contributed by atoms with van der Waals surface area (Å²) in [6.45, 7) is 7.63. The smallest absolute Gasteiger partial charge is 0.105 e. The van der Waals surface area contributed by atoms with Crippen LogP contribution >= 0.6 is 0 Å². The molecule has 1 N–H and O–H groups in total. The molecule has 0 aromatic carbocycles. The number of nitrogens with zero attached hydrogens (tertiary/aromatic N) is 2. The Morgan fingerprint density at radius 3 is 2.95 bits per heavy atom. The van der Waals surface area contributed by atoms with E-state index in [1.165, 1.54) is 50.2 Å². The van der Waals surface area contributed by atoms with E-state index in [2.05, 4.69) is 34.9 Å². The van der Waals surface area contributed by atoms with E-state index in [-0.39, 0.29) is 0 Å². The van der Waals surface area contributed by atoms with Gasteiger partial charge in [0.25, 0.3) is 0 Å². The zero-order valence-electron chi connectivity index (χ0n) is 12.4. The molecule has 1 aromatic rings. The predicted molar refractivity (Wildman–Crippen MR) is 77.9 cm³/mol. The van der Waals surface area contributed by atoms with Crippen LogP contribution in [-0.2, 0) is 13.1 Å². The van der Waals surface area contributed by atoms with Crippen molar-refractivity contribution in [2.45, 2.75) is 59.0 Å². The molecule has 3 rings (SSSR count). The molecule has 1 heterocycles. The fourth-order valence-electron chi connectivity index (χ4n) is 4.13. The molecule has 3 heteroatoms. The summed E-state index contributed by atoms with van der Waals surface area (Å²) in [5.74, 6) is 4.15. The van der Waals surface area contributed by atoms with Crippen LogP contribution in [0.5, 0.6) is 0 Å². The van der Waals surface area contributed by atoms with Crippen molar-refractivity contribution in [2.75, 3.05) is 6.54 Å². The summed E-state index contributed by atoms with van der Waals surface area (Å²) in [5, 5.41) is 3.50. The van der Waals surface area contributed by atoms with Gasteiger partial charge in [-0.1, -0.05) is 13.3 Å². The summed E-state index contributed by atoms with van der Waals surface area (Å²) in [5.41, 5.74) is 1.37. The van der Waals surface area contributed by atoms with Gasteiger partial charge in [-0.15, -0.1) is 0 Å². The Labute approximate surface area is 116 Å². The zero-order valence-corrected chi connectivity index (χ0v) is 12.4. The molecule has 106 valence electrons. The van der Waals surface area contributed by atoms with Gasteiger partial charge in [-0.25, -0.2) is 4.98 Å². The van der Waals surface area contributed by atoms with Gasteiger partial charge in [0.15, 0.2) is 0 Å². The molecular formula is C16H27N3. The molecule has 2 saturated carbocycles. The molecule has 3 nitrogen and oxygen atoms in total. The van der Waals surface area contributed by atoms with Crippen molar-refractivity contribution in [1.29, 1.82) is 0 Å². The quantitative estimate of drug-likeness (QED) is 0.797. The van der Waals surface area contributed by atoms with Crippen LogP contribution in [0.25, 0.3) is 0 Å². The van der Waals surface area contributed by atoms with Crippen LogP contribution in [0.1, 0.15) is 50.5 Å². The Bertz CT molecular complexity index is 424. The summed E-state index contributed by atoms with van der Waals surface area (Å²) in [6.07, 6.45) is 9.19. The zero-order chi connectivity index (χ0) is 13.2. The number of rotatable bonds is 6. The first kappa shape index (κ1) is 13.2. The molecule has 3 unspecified atom stereocenters. The topological polar surface area (TPSA) is 29.9 Å². The lowest BCUT2D eigenvalue weighted by atomic mass is 9.89. The monoisotopic (exact) mass is 261 g/mol. The third-order valence-electron chi connectivity index (χ3n) is 5.17. The second-order valence-corrected chi connectivity index (χ2v) is 6.52. The fourth-order valence-corrected chi connectivity index (χ4v) is 4.13. The molecule has 0 saturated heterocycles. The predicted octanol–water partition coefficient (Wildman–Crippen LogP) is 3.13. The van der Waals surface area contributed by atoms with Gasteiger partial charge < -0.3 is 9.88 Å². The Hall–Kier alpha value is -0.830. The second kappa shape index (κ2) is 5.66. The highest BCUT2D eigenvalue weighted by Crippen LogP contribution is 2.48. The number of aryl methyl sites for hydroxylation is 1. The molecule has 19 heavy (non-hydrogen) atoms. The molecule has 3 atom stereocenters. The molecule has 0 aliphatic heterocycles. The van der Waals surface area contributed by atoms with Gasteiger partial charge in [-0.2, -0.15) is 0 Å². The van der Waals surface area contributed by atoms with Crippen molar-refractivity contribution in [2.24, 2.45) is 17.8 Å². The Kier molecular flexibility index (Phi) is 3.92. The van der Waals surface area contributed by atoms with Gasteiger partial charge in [-0.05, 0) is 56.9 Å². The lowest BCUT2D eigenvalue weighted by molar-refractivity contribution is 0.290. The van der Waals surface area contributed by atoms with Crippen molar-refractivity contribution in [3.63, 3.8) is 0 Å². The minimum absolute atomic E-state index is 0.913. The van der Waals surface area contributed by atoms with E-state index in [9.17, 15) is 0 Å². The highest BCUT2D eigenvalue weighted by Gasteiger charge is 2.39. The van der Waals surface area contributed by atoms with Gasteiger partial charge >= 0.3 is 0 Å². The molecule has 2 aliphatic carbocycles. The summed E-state index contributed by atoms with van der Waals surface area (Å²) < 4.78 is 2.47. The van der Waals surface area contributed by atoms with Crippen LogP contribution in [-0.4, -0.2) is 16.1 Å². The number of hydrogen-bond acceptors (Lipinski definition) is 2. The number of imidazole rings is 1. The van der Waals surface area contributed by atoms with E-state index >= 15 is 0 Å². The number of hydrogen-bond donors (Lipinski definition) is 1. The van der Waals surface area contributed by atoms with E-state index in [0.29, 0.717) is 0 Å². The van der Waals surface area contributed by atoms with E-state index in [4.69, 9.17) is 0 Å². The maximum absolute atomic E-state index is 4.52. The molecule has 2 fully saturated rings. The van der Waals surface area contributed by atoms with Crippen molar-refractivity contribution in [1.82, 2.24) is 14.9 Å². The summed E-state index contributed by atoms with van der Waals surface area (Å²) >= 11 is 0. The minimum Gasteiger partial charge on any atom is -0.331 e. The number of fused-ring (bicyclic) bond motifs is 2. The first-order valence-electron chi connectivity index (χ1n) is 7.99. The van der Waals surface area contributed by atoms with Gasteiger partial charge in [0.2, 0.25) is 0 Å². The normalized spacial score (nSPS) is 29.3. The maximum atomic E-state index is 4.52. The molecule has 2 aliphatic rings. The summed E-state index contributed by atoms with van der Waals surface area (Å²) in [7, 11) is 0. The van der Waals surface area contributed by atoms with Crippen molar-refractivity contribution in [3.05, 3.63) is 17.7 Å². The van der Waals surface area contributed by atoms with E-state index in [0.717, 1.165) is 30.8 Å². The highest BCUT2D eigenvalue weighted by molar-refractivity contribution is 5.05. The van der Waals surface area contributed by atoms with Crippen molar-refractivity contribution in [3.8, 4) is 0 Å². The summed E-state index contributed by atoms with van der Waals surface area (Å²) in [4.78, 5) is 4.52. The largest absolute Gasteiger partial charge is 0.331 e. The SMILES string of the molecule is CCCNCc1cnc(C)n1CC1CC2CCC1C2. The van der Waals surface area contributed by atoms with Crippen LogP contribution in [0.15, 0.2) is 6.20 Å². The van der Waals surface area contributed by atoms with Crippen LogP contribution in [0.2, 0.25) is 0 Å². The molecule has 0 radical (unpaired) electrons. The summed E-state index contributed by atoms with van der Waals surface area (Å²) in [6, 6.07) is 0. The van der Waals surface area contributed by atoms with Gasteiger partial charge in [0, 0.05) is 19.3 Å². The molecule has 0 amide bonds. The molecule has 2 bridgehead atoms. The van der Waals surface area contributed by atoms with Crippen LogP contribution < -0.4 is 5.32 Å². The van der Waals surface area contributed by atoms with E-state index in [1.54, 1.807) is 0 Å². The van der Waals surface area contributed by atoms with E-state index < -0.39 is 0 Å². The Balaban J connectivity index is 1.64. The first-order valence-corrected chi connectivity index (χ1v) is 7.99. The van der Waals surface area contributed by atoms with Crippen LogP contribution in [0.4, 0.5) is 0 Å². The molecular weight excluding hydrogens is 234 g/mol. The average Bonchev–Trinajstić information content (AvgIpc) is 3.09.